The van der Waals surface area contributed by atoms with Gasteiger partial charge in [-0.1, -0.05) is 98.8 Å². The number of hydrogen-bond acceptors (Lipinski definition) is 1. The summed E-state index contributed by atoms with van der Waals surface area (Å²) >= 11 is 0. The van der Waals surface area contributed by atoms with Crippen LogP contribution in [-0.4, -0.2) is 18.5 Å². The maximum Gasteiger partial charge on any atom is 0.220 e. The minimum atomic E-state index is -0.0853. The number of aromatic nitrogens is 4. The molecule has 4 nitrogen and oxygen atoms in total. The lowest BCUT2D eigenvalue weighted by atomic mass is 9.78. The van der Waals surface area contributed by atoms with Gasteiger partial charge in [0.1, 0.15) is 0 Å². The third-order valence-electron chi connectivity index (χ3n) is 9.36. The van der Waals surface area contributed by atoms with Gasteiger partial charge in [0.05, 0.1) is 33.1 Å². The van der Waals surface area contributed by atoms with Gasteiger partial charge in [-0.15, -0.1) is 0 Å². The lowest BCUT2D eigenvalue weighted by Crippen LogP contribution is -2.18. The van der Waals surface area contributed by atoms with Crippen LogP contribution in [0.15, 0.2) is 146 Å². The van der Waals surface area contributed by atoms with E-state index in [2.05, 4.69) is 173 Å². The van der Waals surface area contributed by atoms with E-state index in [1.54, 1.807) is 0 Å². The Hall–Kier alpha value is -5.61. The van der Waals surface area contributed by atoms with E-state index in [4.69, 9.17) is 4.98 Å². The SMILES string of the molecule is CC(C)(c1ccccc1)c1ccc(-n2c3ccccc3c3cc(-n4c5ccccc5n5c6ccccc6nc45)ccc32)cc1. The maximum absolute atomic E-state index is 5.09. The summed E-state index contributed by atoms with van der Waals surface area (Å²) in [6, 6.07) is 52.3. The molecule has 0 bridgehead atoms. The molecule has 0 saturated heterocycles. The largest absolute Gasteiger partial charge is 0.309 e. The summed E-state index contributed by atoms with van der Waals surface area (Å²) in [6.45, 7) is 4.59. The molecule has 9 aromatic rings. The van der Waals surface area contributed by atoms with Gasteiger partial charge in [-0.3, -0.25) is 8.97 Å². The molecule has 4 heteroatoms. The lowest BCUT2D eigenvalue weighted by Gasteiger charge is -2.26. The van der Waals surface area contributed by atoms with Gasteiger partial charge in [0, 0.05) is 27.6 Å². The number of para-hydroxylation sites is 5. The van der Waals surface area contributed by atoms with Crippen LogP contribution in [0.3, 0.4) is 0 Å². The summed E-state index contributed by atoms with van der Waals surface area (Å²) in [4.78, 5) is 5.09. The van der Waals surface area contributed by atoms with E-state index in [9.17, 15) is 0 Å². The summed E-state index contributed by atoms with van der Waals surface area (Å²) in [5, 5.41) is 2.46. The summed E-state index contributed by atoms with van der Waals surface area (Å²) in [6.07, 6.45) is 0. The average molecular weight is 567 g/mol. The Kier molecular flexibility index (Phi) is 5.21. The molecule has 0 atom stereocenters. The van der Waals surface area contributed by atoms with Gasteiger partial charge in [0.25, 0.3) is 0 Å². The minimum Gasteiger partial charge on any atom is -0.309 e. The van der Waals surface area contributed by atoms with Crippen molar-refractivity contribution >= 4 is 49.7 Å². The Balaban J connectivity index is 1.24. The Bertz CT molecular complexity index is 2510. The van der Waals surface area contributed by atoms with Crippen molar-refractivity contribution in [3.63, 3.8) is 0 Å². The molecule has 0 saturated carbocycles. The molecule has 6 aromatic carbocycles. The highest BCUT2D eigenvalue weighted by atomic mass is 15.2. The zero-order chi connectivity index (χ0) is 29.4. The highest BCUT2D eigenvalue weighted by Crippen LogP contribution is 2.37. The Morgan fingerprint density at radius 3 is 1.84 bits per heavy atom. The monoisotopic (exact) mass is 566 g/mol. The zero-order valence-corrected chi connectivity index (χ0v) is 24.6. The quantitative estimate of drug-likeness (QED) is 0.208. The van der Waals surface area contributed by atoms with Crippen molar-refractivity contribution in [3.8, 4) is 11.4 Å². The molecule has 0 aliphatic carbocycles. The van der Waals surface area contributed by atoms with E-state index >= 15 is 0 Å². The molecule has 0 aliphatic rings. The van der Waals surface area contributed by atoms with Crippen LogP contribution in [0, 0.1) is 0 Å². The van der Waals surface area contributed by atoms with E-state index in [0.717, 1.165) is 39.2 Å². The molecule has 3 aromatic heterocycles. The van der Waals surface area contributed by atoms with Crippen LogP contribution in [0.2, 0.25) is 0 Å². The normalized spacial score (nSPS) is 12.3. The molecule has 0 radical (unpaired) electrons. The molecule has 0 N–H and O–H groups in total. The fraction of sp³-hybridized carbons (Fsp3) is 0.0750. The van der Waals surface area contributed by atoms with Crippen molar-refractivity contribution < 1.29 is 0 Å². The summed E-state index contributed by atoms with van der Waals surface area (Å²) in [5.74, 6) is 0.923. The second kappa shape index (κ2) is 9.19. The van der Waals surface area contributed by atoms with E-state index in [1.807, 2.05) is 0 Å². The van der Waals surface area contributed by atoms with E-state index in [1.165, 1.54) is 32.9 Å². The molecule has 0 fully saturated rings. The molecule has 9 rings (SSSR count). The fourth-order valence-electron chi connectivity index (χ4n) is 7.03. The van der Waals surface area contributed by atoms with Crippen molar-refractivity contribution in [2.24, 2.45) is 0 Å². The van der Waals surface area contributed by atoms with E-state index in [-0.39, 0.29) is 5.41 Å². The van der Waals surface area contributed by atoms with Gasteiger partial charge < -0.3 is 4.57 Å². The smallest absolute Gasteiger partial charge is 0.220 e. The average Bonchev–Trinajstić information content (AvgIpc) is 3.72. The summed E-state index contributed by atoms with van der Waals surface area (Å²) in [7, 11) is 0. The molecule has 3 heterocycles. The molecular formula is C40H30N4. The van der Waals surface area contributed by atoms with Crippen molar-refractivity contribution in [3.05, 3.63) is 157 Å². The van der Waals surface area contributed by atoms with Crippen LogP contribution in [0.4, 0.5) is 0 Å². The third kappa shape index (κ3) is 3.48. The Morgan fingerprint density at radius 1 is 0.455 bits per heavy atom. The maximum atomic E-state index is 5.09. The summed E-state index contributed by atoms with van der Waals surface area (Å²) in [5.41, 5.74) is 11.6. The topological polar surface area (TPSA) is 27.2 Å². The molecule has 0 spiro atoms. The molecule has 44 heavy (non-hydrogen) atoms. The second-order valence-electron chi connectivity index (χ2n) is 12.2. The first kappa shape index (κ1) is 24.9. The standard InChI is InChI=1S/C40H30N4/c1-40(2,27-12-4-3-5-13-27)28-20-22-29(23-21-28)42-34-16-8-6-14-31(34)32-26-30(24-25-35(32)42)43-37-18-10-11-19-38(37)44-36-17-9-7-15-33(36)41-39(43)44/h3-26H,1-2H3. The number of rotatable bonds is 4. The Morgan fingerprint density at radius 2 is 1.05 bits per heavy atom. The molecule has 210 valence electrons. The first-order valence-electron chi connectivity index (χ1n) is 15.2. The van der Waals surface area contributed by atoms with E-state index in [0.29, 0.717) is 0 Å². The van der Waals surface area contributed by atoms with Gasteiger partial charge in [-0.05, 0) is 71.8 Å². The molecular weight excluding hydrogens is 536 g/mol. The number of hydrogen-bond donors (Lipinski definition) is 0. The second-order valence-corrected chi connectivity index (χ2v) is 12.2. The van der Waals surface area contributed by atoms with Crippen LogP contribution in [0.25, 0.3) is 61.0 Å². The third-order valence-corrected chi connectivity index (χ3v) is 9.36. The van der Waals surface area contributed by atoms with Crippen molar-refractivity contribution in [1.29, 1.82) is 0 Å². The van der Waals surface area contributed by atoms with Crippen LogP contribution in [0.5, 0.6) is 0 Å². The first-order chi connectivity index (χ1) is 21.6. The highest BCUT2D eigenvalue weighted by molar-refractivity contribution is 6.10. The Labute approximate surface area is 255 Å². The van der Waals surface area contributed by atoms with Gasteiger partial charge in [0.2, 0.25) is 5.78 Å². The predicted molar refractivity (Wildman–Crippen MR) is 182 cm³/mol. The van der Waals surface area contributed by atoms with Gasteiger partial charge >= 0.3 is 0 Å². The zero-order valence-electron chi connectivity index (χ0n) is 24.6. The minimum absolute atomic E-state index is 0.0853. The lowest BCUT2D eigenvalue weighted by molar-refractivity contribution is 0.641. The fourth-order valence-corrected chi connectivity index (χ4v) is 7.03. The molecule has 0 amide bonds. The molecule has 0 unspecified atom stereocenters. The van der Waals surface area contributed by atoms with Gasteiger partial charge in [-0.2, -0.15) is 0 Å². The van der Waals surface area contributed by atoms with Gasteiger partial charge in [0.15, 0.2) is 0 Å². The van der Waals surface area contributed by atoms with Crippen molar-refractivity contribution in [1.82, 2.24) is 18.5 Å². The van der Waals surface area contributed by atoms with Crippen LogP contribution in [-0.2, 0) is 5.41 Å². The van der Waals surface area contributed by atoms with Crippen LogP contribution >= 0.6 is 0 Å². The number of imidazole rings is 2. The first-order valence-corrected chi connectivity index (χ1v) is 15.2. The molecule has 0 aliphatic heterocycles. The predicted octanol–water partition coefficient (Wildman–Crippen LogP) is 9.85. The van der Waals surface area contributed by atoms with Gasteiger partial charge in [-0.25, -0.2) is 4.98 Å². The number of nitrogens with zero attached hydrogens (tertiary/aromatic N) is 4. The van der Waals surface area contributed by atoms with Crippen molar-refractivity contribution in [2.75, 3.05) is 0 Å². The highest BCUT2D eigenvalue weighted by Gasteiger charge is 2.23. The van der Waals surface area contributed by atoms with Crippen LogP contribution in [0.1, 0.15) is 25.0 Å². The number of benzene rings is 6. The number of fused-ring (bicyclic) bond motifs is 8. The van der Waals surface area contributed by atoms with Crippen LogP contribution < -0.4 is 0 Å². The van der Waals surface area contributed by atoms with Crippen molar-refractivity contribution in [2.45, 2.75) is 19.3 Å². The summed E-state index contributed by atoms with van der Waals surface area (Å²) < 4.78 is 6.96. The van der Waals surface area contributed by atoms with E-state index < -0.39 is 0 Å².